The second-order valence-electron chi connectivity index (χ2n) is 29.3. The summed E-state index contributed by atoms with van der Waals surface area (Å²) in [7, 11) is -0.378. The van der Waals surface area contributed by atoms with E-state index in [0.29, 0.717) is 40.6 Å². The lowest BCUT2D eigenvalue weighted by Crippen LogP contribution is -2.41. The number of imidazole rings is 2. The highest BCUT2D eigenvalue weighted by molar-refractivity contribution is 9.10. The van der Waals surface area contributed by atoms with Crippen molar-refractivity contribution in [2.24, 2.45) is 29.6 Å². The predicted octanol–water partition coefficient (Wildman–Crippen LogP) is 14.7. The van der Waals surface area contributed by atoms with Crippen molar-refractivity contribution in [1.82, 2.24) is 64.6 Å². The van der Waals surface area contributed by atoms with Crippen molar-refractivity contribution < 1.29 is 32.2 Å². The van der Waals surface area contributed by atoms with E-state index in [2.05, 4.69) is 122 Å². The molecule has 0 bridgehead atoms. The number of anilines is 6. The maximum Gasteiger partial charge on any atom is 0.500 e. The van der Waals surface area contributed by atoms with Gasteiger partial charge in [0.25, 0.3) is 0 Å². The fourth-order valence-electron chi connectivity index (χ4n) is 12.0. The normalized spacial score (nSPS) is 16.0. The fourth-order valence-corrected chi connectivity index (χ4v) is 12.8. The third-order valence-corrected chi connectivity index (χ3v) is 20.7. The molecule has 6 fully saturated rings. The van der Waals surface area contributed by atoms with Crippen LogP contribution in [-0.2, 0) is 33.6 Å². The van der Waals surface area contributed by atoms with E-state index in [-0.39, 0.29) is 24.0 Å². The Morgan fingerprint density at radius 1 is 0.566 bits per heavy atom. The van der Waals surface area contributed by atoms with E-state index in [1.54, 1.807) is 35.4 Å². The second-order valence-corrected chi connectivity index (χ2v) is 31.2. The molecule has 12 heterocycles. The number of aromatic amines is 1. The Morgan fingerprint density at radius 3 is 1.54 bits per heavy atom. The number of rotatable bonds is 17. The van der Waals surface area contributed by atoms with Crippen LogP contribution < -0.4 is 44.7 Å². The number of nitrogens with zero attached hydrogens (tertiary/aromatic N) is 12. The Bertz CT molecular complexity index is 4820. The molecule has 30 heteroatoms. The number of fused-ring (bicyclic) bond motifs is 2. The second kappa shape index (κ2) is 33.7. The third-order valence-electron chi connectivity index (χ3n) is 19.8. The van der Waals surface area contributed by atoms with Gasteiger partial charge >= 0.3 is 12.8 Å². The summed E-state index contributed by atoms with van der Waals surface area (Å²) in [4.78, 5) is 50.2. The van der Waals surface area contributed by atoms with Gasteiger partial charge in [-0.3, -0.25) is 9.55 Å². The SMILES string of the molecule is CCNc1nc2ncc(-c3c(C)noc3C)cc2n1CC1CC1.Cc1noc(C)c1-c1cnc(N)c(NCC2CC2)c1.Cc1noc(C)c1-c1cnc2[nH]c(=O)n(CC3CC3)c2c1.Cc1noc(C)c1B1OC(C)(C)C(C)(C)O1.Nc1cc(Br)cnc1N.Nc1ncc(Br)cc1CCC1CC1.O=CC1CC1. The number of hydrogen-bond acceptors (Lipinski definition) is 24. The zero-order chi connectivity index (χ0) is 75.9. The number of carbonyl (C=O) groups is 1. The third kappa shape index (κ3) is 19.9. The summed E-state index contributed by atoms with van der Waals surface area (Å²) in [6.45, 7) is 29.1. The minimum Gasteiger partial charge on any atom is -0.399 e. The molecule has 106 heavy (non-hydrogen) atoms. The number of hydrogen-bond donors (Lipinski definition) is 7. The summed E-state index contributed by atoms with van der Waals surface area (Å²) in [5.74, 6) is 9.26. The number of H-pyrrole nitrogens is 1. The van der Waals surface area contributed by atoms with Gasteiger partial charge < -0.3 is 70.3 Å². The van der Waals surface area contributed by atoms with Crippen LogP contribution in [0.1, 0.15) is 157 Å². The van der Waals surface area contributed by atoms with Crippen molar-refractivity contribution in [2.75, 3.05) is 46.7 Å². The molecule has 0 spiro atoms. The van der Waals surface area contributed by atoms with Crippen molar-refractivity contribution in [1.29, 1.82) is 0 Å². The Morgan fingerprint density at radius 2 is 1.06 bits per heavy atom. The highest BCUT2D eigenvalue weighted by Gasteiger charge is 2.53. The van der Waals surface area contributed by atoms with Gasteiger partial charge in [0.05, 0.1) is 56.4 Å². The lowest BCUT2D eigenvalue weighted by atomic mass is 9.77. The summed E-state index contributed by atoms with van der Waals surface area (Å²) in [5, 5.41) is 22.7. The summed E-state index contributed by atoms with van der Waals surface area (Å²) in [6, 6.07) is 9.96. The Labute approximate surface area is 634 Å². The van der Waals surface area contributed by atoms with E-state index in [1.807, 2.05) is 101 Å². The van der Waals surface area contributed by atoms with E-state index < -0.39 is 0 Å². The van der Waals surface area contributed by atoms with Crippen LogP contribution in [0.4, 0.5) is 34.8 Å². The smallest absolute Gasteiger partial charge is 0.399 e. The number of aryl methyl sites for hydroxylation is 9. The van der Waals surface area contributed by atoms with Crippen molar-refractivity contribution >= 4 is 108 Å². The first-order valence-corrected chi connectivity index (χ1v) is 37.9. The lowest BCUT2D eigenvalue weighted by molar-refractivity contribution is -0.108. The molecule has 0 aromatic carbocycles. The van der Waals surface area contributed by atoms with E-state index in [1.165, 1.54) is 63.4 Å². The monoisotopic (exact) mass is 1570 g/mol. The first-order valence-electron chi connectivity index (χ1n) is 36.4. The molecule has 11 N–H and O–H groups in total. The zero-order valence-electron chi connectivity index (χ0n) is 62.8. The standard InChI is InChI=1S/C17H21N5O.C15H16N4O2.C14H18N4O.C11H18BNO3.C10H13BrN2.C5H6BrN3.C4H6O/c1-4-18-17-20-16-14(22(17)9-12-5-6-12)7-13(8-19-16)15-10(2)21-23-11(15)3;1-8-13(9(2)21-18-8)11-5-12-14(16-6-11)17-15(20)19(12)7-10-3-4-10;1-8-13(9(2)19-18-8)11-5-12(14(15)17-7-11)16-6-10-3-4-10;1-7-9(8(2)14-13-7)12-15-10(3,4)11(5,6)16-12;11-9-5-8(10(12)13-6-9)4-3-7-1-2-7;6-3-1-4(7)5(8)9-2-3;5-3-4-1-2-4/h7-8,12H,4-6,9H2,1-3H3,(H,18,19,20);5-6,10H,3-4,7H2,1-2H3,(H,16,17,20);5,7,10,16H,3-4,6H2,1-2H3,(H2,15,17);1-6H3;5-7H,1-4H2,(H2,12,13);1-2H,7H2,(H2,8,9);3-4H,1-2H2. The molecule has 5 saturated carbocycles. The van der Waals surface area contributed by atoms with Crippen LogP contribution in [0, 0.1) is 85.0 Å². The van der Waals surface area contributed by atoms with Gasteiger partial charge in [0.1, 0.15) is 46.8 Å². The minimum absolute atomic E-state index is 0.0830. The van der Waals surface area contributed by atoms with Crippen LogP contribution in [-0.4, -0.2) is 102 Å². The summed E-state index contributed by atoms with van der Waals surface area (Å²) < 4.78 is 38.7. The highest BCUT2D eigenvalue weighted by Crippen LogP contribution is 2.40. The first kappa shape index (κ1) is 77.8. The summed E-state index contributed by atoms with van der Waals surface area (Å²) in [5.41, 5.74) is 37.9. The number of aromatic nitrogens is 13. The molecule has 0 atom stereocenters. The molecule has 0 radical (unpaired) electrons. The van der Waals surface area contributed by atoms with Crippen LogP contribution >= 0.6 is 31.9 Å². The topological polar surface area (TPSA) is 388 Å². The number of nitrogens with two attached hydrogens (primary N) is 4. The molecule has 6 aliphatic rings. The van der Waals surface area contributed by atoms with Crippen LogP contribution in [0.2, 0.25) is 0 Å². The Hall–Kier alpha value is -9.26. The molecule has 11 aromatic rings. The Balaban J connectivity index is 0.000000127. The van der Waals surface area contributed by atoms with E-state index in [4.69, 9.17) is 50.3 Å². The summed E-state index contributed by atoms with van der Waals surface area (Å²) in [6.07, 6.45) is 24.8. The van der Waals surface area contributed by atoms with Crippen LogP contribution in [0.3, 0.4) is 0 Å². The van der Waals surface area contributed by atoms with Gasteiger partial charge in [-0.25, -0.2) is 29.7 Å². The molecule has 0 unspecified atom stereocenters. The molecule has 1 saturated heterocycles. The Kier molecular flexibility index (Phi) is 24.7. The largest absolute Gasteiger partial charge is 0.500 e. The number of nitrogen functional groups attached to an aromatic ring is 4. The molecule has 5 aliphatic carbocycles. The molecule has 27 nitrogen and oxygen atoms in total. The average molecular weight is 1580 g/mol. The van der Waals surface area contributed by atoms with Gasteiger partial charge in [-0.2, -0.15) is 4.98 Å². The van der Waals surface area contributed by atoms with E-state index >= 15 is 0 Å². The average Bonchev–Trinajstić information content (AvgIpc) is 1.61. The number of halogens is 2. The number of aldehydes is 1. The van der Waals surface area contributed by atoms with Gasteiger partial charge in [0.2, 0.25) is 5.95 Å². The molecular formula is C76H98BBr2N19O8. The maximum atomic E-state index is 12.1. The van der Waals surface area contributed by atoms with E-state index in [9.17, 15) is 9.59 Å². The zero-order valence-corrected chi connectivity index (χ0v) is 66.0. The summed E-state index contributed by atoms with van der Waals surface area (Å²) >= 11 is 6.60. The highest BCUT2D eigenvalue weighted by atomic mass is 79.9. The molecule has 562 valence electrons. The van der Waals surface area contributed by atoms with Crippen LogP contribution in [0.15, 0.2) is 93.1 Å². The van der Waals surface area contributed by atoms with Crippen molar-refractivity contribution in [3.63, 3.8) is 0 Å². The molecule has 11 aromatic heterocycles. The van der Waals surface area contributed by atoms with Gasteiger partial charge in [0, 0.05) is 111 Å². The fraction of sp³-hybridized carbons (Fsp3) is 0.474. The van der Waals surface area contributed by atoms with Gasteiger partial charge in [-0.1, -0.05) is 33.5 Å². The van der Waals surface area contributed by atoms with Gasteiger partial charge in [-0.05, 0) is 246 Å². The van der Waals surface area contributed by atoms with Crippen LogP contribution in [0.25, 0.3) is 55.7 Å². The minimum atomic E-state index is -0.378. The maximum absolute atomic E-state index is 12.1. The molecule has 17 rings (SSSR count). The van der Waals surface area contributed by atoms with Crippen molar-refractivity contribution in [3.8, 4) is 33.4 Å². The number of nitrogens with one attached hydrogen (secondary N) is 3. The molecule has 1 aliphatic heterocycles. The molecular weight excluding hydrogens is 1480 g/mol. The van der Waals surface area contributed by atoms with Gasteiger partial charge in [0.15, 0.2) is 11.3 Å². The molecule has 0 amide bonds. The quantitative estimate of drug-likeness (QED) is 0.0329. The van der Waals surface area contributed by atoms with Crippen molar-refractivity contribution in [2.45, 2.75) is 191 Å². The van der Waals surface area contributed by atoms with Crippen molar-refractivity contribution in [3.05, 3.63) is 132 Å². The first-order chi connectivity index (χ1) is 50.6. The number of carbonyl (C=O) groups excluding carboxylic acids is 1. The number of pyridine rings is 5. The van der Waals surface area contributed by atoms with E-state index in [0.717, 1.165) is 191 Å². The van der Waals surface area contributed by atoms with Gasteiger partial charge in [-0.15, -0.1) is 0 Å². The van der Waals surface area contributed by atoms with Crippen LogP contribution in [0.5, 0.6) is 0 Å². The lowest BCUT2D eigenvalue weighted by Gasteiger charge is -2.32. The predicted molar refractivity (Wildman–Crippen MR) is 421 cm³/mol.